The molecule has 3 nitrogen and oxygen atoms in total. The van der Waals surface area contributed by atoms with Gasteiger partial charge in [-0.2, -0.15) is 0 Å². The van der Waals surface area contributed by atoms with E-state index in [0.29, 0.717) is 0 Å². The second-order valence-corrected chi connectivity index (χ2v) is 5.85. The lowest BCUT2D eigenvalue weighted by Gasteiger charge is -2.10. The summed E-state index contributed by atoms with van der Waals surface area (Å²) < 4.78 is 16.2. The van der Waals surface area contributed by atoms with Crippen LogP contribution in [-0.4, -0.2) is 26.2 Å². The molecule has 1 aromatic rings. The van der Waals surface area contributed by atoms with E-state index < -0.39 is 0 Å². The van der Waals surface area contributed by atoms with Gasteiger partial charge in [0, 0.05) is 23.5 Å². The van der Waals surface area contributed by atoms with E-state index in [-0.39, 0.29) is 0 Å². The average molecular weight is 359 g/mol. The standard InChI is InChI=1S/C17H27BrO3/c1-19-15-12-16(20-2)14-17(13-15)21-11-9-7-5-3-4-6-8-10-18/h12-14H,3-11H2,1-2H3. The summed E-state index contributed by atoms with van der Waals surface area (Å²) in [5.41, 5.74) is 0. The molecule has 0 bridgehead atoms. The van der Waals surface area contributed by atoms with Gasteiger partial charge in [-0.15, -0.1) is 0 Å². The number of ether oxygens (including phenoxy) is 3. The predicted molar refractivity (Wildman–Crippen MR) is 91.2 cm³/mol. The fourth-order valence-corrected chi connectivity index (χ4v) is 2.53. The molecule has 0 amide bonds. The van der Waals surface area contributed by atoms with Crippen molar-refractivity contribution in [3.8, 4) is 17.2 Å². The molecule has 0 saturated carbocycles. The lowest BCUT2D eigenvalue weighted by atomic mass is 10.1. The molecule has 0 spiro atoms. The minimum Gasteiger partial charge on any atom is -0.496 e. The molecule has 0 aliphatic carbocycles. The molecule has 1 rings (SSSR count). The third kappa shape index (κ3) is 8.20. The molecule has 0 heterocycles. The molecule has 4 heteroatoms. The van der Waals surface area contributed by atoms with Gasteiger partial charge in [0.1, 0.15) is 17.2 Å². The number of methoxy groups -OCH3 is 2. The number of hydrogen-bond donors (Lipinski definition) is 0. The zero-order valence-corrected chi connectivity index (χ0v) is 14.8. The highest BCUT2D eigenvalue weighted by molar-refractivity contribution is 9.09. The minimum absolute atomic E-state index is 0.748. The molecule has 0 aromatic heterocycles. The summed E-state index contributed by atoms with van der Waals surface area (Å²) >= 11 is 3.46. The third-order valence-corrected chi connectivity index (χ3v) is 3.93. The molecule has 0 aliphatic heterocycles. The molecule has 21 heavy (non-hydrogen) atoms. The molecular weight excluding hydrogens is 332 g/mol. The third-order valence-electron chi connectivity index (χ3n) is 3.37. The number of alkyl halides is 1. The van der Waals surface area contributed by atoms with Gasteiger partial charge in [-0.3, -0.25) is 0 Å². The normalized spacial score (nSPS) is 10.4. The molecule has 0 atom stereocenters. The molecule has 120 valence electrons. The van der Waals surface area contributed by atoms with Gasteiger partial charge in [0.15, 0.2) is 0 Å². The lowest BCUT2D eigenvalue weighted by Crippen LogP contribution is -1.98. The van der Waals surface area contributed by atoms with Crippen molar-refractivity contribution in [1.82, 2.24) is 0 Å². The first-order chi connectivity index (χ1) is 10.3. The number of unbranched alkanes of at least 4 members (excludes halogenated alkanes) is 6. The monoisotopic (exact) mass is 358 g/mol. The van der Waals surface area contributed by atoms with E-state index >= 15 is 0 Å². The number of rotatable bonds is 12. The van der Waals surface area contributed by atoms with E-state index in [1.54, 1.807) is 14.2 Å². The molecular formula is C17H27BrO3. The van der Waals surface area contributed by atoms with Crippen molar-refractivity contribution >= 4 is 15.9 Å². The van der Waals surface area contributed by atoms with Crippen molar-refractivity contribution in [3.63, 3.8) is 0 Å². The van der Waals surface area contributed by atoms with Gasteiger partial charge in [0.05, 0.1) is 20.8 Å². The highest BCUT2D eigenvalue weighted by Crippen LogP contribution is 2.27. The first-order valence-corrected chi connectivity index (χ1v) is 8.84. The number of hydrogen-bond acceptors (Lipinski definition) is 3. The Labute approximate surface area is 137 Å². The minimum atomic E-state index is 0.748. The quantitative estimate of drug-likeness (QED) is 0.379. The summed E-state index contributed by atoms with van der Waals surface area (Å²) in [5, 5.41) is 1.13. The van der Waals surface area contributed by atoms with Crippen molar-refractivity contribution in [2.75, 3.05) is 26.2 Å². The van der Waals surface area contributed by atoms with E-state index in [2.05, 4.69) is 15.9 Å². The maximum atomic E-state index is 5.77. The van der Waals surface area contributed by atoms with Crippen molar-refractivity contribution in [2.24, 2.45) is 0 Å². The van der Waals surface area contributed by atoms with Crippen LogP contribution in [0.1, 0.15) is 44.9 Å². The van der Waals surface area contributed by atoms with Crippen LogP contribution in [0.4, 0.5) is 0 Å². The highest BCUT2D eigenvalue weighted by Gasteiger charge is 2.02. The van der Waals surface area contributed by atoms with E-state index in [1.165, 1.54) is 38.5 Å². The van der Waals surface area contributed by atoms with Crippen molar-refractivity contribution in [2.45, 2.75) is 44.9 Å². The average Bonchev–Trinajstić information content (AvgIpc) is 2.52. The van der Waals surface area contributed by atoms with Gasteiger partial charge in [-0.1, -0.05) is 48.0 Å². The van der Waals surface area contributed by atoms with Crippen molar-refractivity contribution in [1.29, 1.82) is 0 Å². The molecule has 1 aromatic carbocycles. The summed E-state index contributed by atoms with van der Waals surface area (Å²) in [6, 6.07) is 5.63. The Morgan fingerprint density at radius 3 is 1.71 bits per heavy atom. The van der Waals surface area contributed by atoms with Gasteiger partial charge in [-0.25, -0.2) is 0 Å². The van der Waals surface area contributed by atoms with Crippen LogP contribution in [0.2, 0.25) is 0 Å². The van der Waals surface area contributed by atoms with Crippen LogP contribution in [0.3, 0.4) is 0 Å². The Kier molecular flexibility index (Phi) is 10.1. The molecule has 0 unspecified atom stereocenters. The first-order valence-electron chi connectivity index (χ1n) is 7.72. The smallest absolute Gasteiger partial charge is 0.126 e. The fourth-order valence-electron chi connectivity index (χ4n) is 2.14. The van der Waals surface area contributed by atoms with Crippen LogP contribution in [-0.2, 0) is 0 Å². The van der Waals surface area contributed by atoms with Crippen LogP contribution in [0.25, 0.3) is 0 Å². The second-order valence-electron chi connectivity index (χ2n) is 5.06. The molecule has 0 aliphatic rings. The van der Waals surface area contributed by atoms with Gasteiger partial charge in [0.2, 0.25) is 0 Å². The molecule has 0 N–H and O–H groups in total. The Morgan fingerprint density at radius 1 is 0.714 bits per heavy atom. The Hall–Kier alpha value is -0.900. The molecule has 0 fully saturated rings. The van der Waals surface area contributed by atoms with E-state index in [0.717, 1.165) is 35.6 Å². The van der Waals surface area contributed by atoms with E-state index in [9.17, 15) is 0 Å². The maximum absolute atomic E-state index is 5.77. The largest absolute Gasteiger partial charge is 0.496 e. The highest BCUT2D eigenvalue weighted by atomic mass is 79.9. The molecule has 0 saturated heterocycles. The second kappa shape index (κ2) is 11.7. The van der Waals surface area contributed by atoms with Gasteiger partial charge >= 0.3 is 0 Å². The fraction of sp³-hybridized carbons (Fsp3) is 0.647. The summed E-state index contributed by atoms with van der Waals surface area (Å²) in [6.07, 6.45) is 8.94. The number of benzene rings is 1. The van der Waals surface area contributed by atoms with Crippen LogP contribution in [0, 0.1) is 0 Å². The van der Waals surface area contributed by atoms with Crippen LogP contribution >= 0.6 is 15.9 Å². The summed E-state index contributed by atoms with van der Waals surface area (Å²) in [4.78, 5) is 0. The first kappa shape index (κ1) is 18.1. The van der Waals surface area contributed by atoms with Gasteiger partial charge < -0.3 is 14.2 Å². The van der Waals surface area contributed by atoms with Crippen molar-refractivity contribution < 1.29 is 14.2 Å². The van der Waals surface area contributed by atoms with Crippen LogP contribution < -0.4 is 14.2 Å². The van der Waals surface area contributed by atoms with E-state index in [4.69, 9.17) is 14.2 Å². The Bertz CT molecular complexity index is 360. The Balaban J connectivity index is 2.15. The van der Waals surface area contributed by atoms with Gasteiger partial charge in [-0.05, 0) is 12.8 Å². The zero-order chi connectivity index (χ0) is 15.3. The van der Waals surface area contributed by atoms with E-state index in [1.807, 2.05) is 18.2 Å². The van der Waals surface area contributed by atoms with Crippen molar-refractivity contribution in [3.05, 3.63) is 18.2 Å². The van der Waals surface area contributed by atoms with Gasteiger partial charge in [0.25, 0.3) is 0 Å². The summed E-state index contributed by atoms with van der Waals surface area (Å²) in [5.74, 6) is 2.33. The lowest BCUT2D eigenvalue weighted by molar-refractivity contribution is 0.299. The molecule has 0 radical (unpaired) electrons. The van der Waals surface area contributed by atoms with Crippen LogP contribution in [0.5, 0.6) is 17.2 Å². The van der Waals surface area contributed by atoms with Crippen LogP contribution in [0.15, 0.2) is 18.2 Å². The number of halogens is 1. The SMILES string of the molecule is COc1cc(OC)cc(OCCCCCCCCCBr)c1. The summed E-state index contributed by atoms with van der Waals surface area (Å²) in [6.45, 7) is 0.748. The summed E-state index contributed by atoms with van der Waals surface area (Å²) in [7, 11) is 3.29. The topological polar surface area (TPSA) is 27.7 Å². The maximum Gasteiger partial charge on any atom is 0.126 e. The Morgan fingerprint density at radius 2 is 1.19 bits per heavy atom. The predicted octanol–water partition coefficient (Wildman–Crippen LogP) is 5.21. The zero-order valence-electron chi connectivity index (χ0n) is 13.2.